The zero-order valence-corrected chi connectivity index (χ0v) is 11.5. The molecule has 8 heteroatoms. The lowest BCUT2D eigenvalue weighted by Gasteiger charge is -2.09. The number of rotatable bonds is 5. The molecule has 7 nitrogen and oxygen atoms in total. The number of carbonyl (C=O) groups excluding carboxylic acids is 3. The summed E-state index contributed by atoms with van der Waals surface area (Å²) in [7, 11) is 1.29. The highest BCUT2D eigenvalue weighted by molar-refractivity contribution is 8.04. The molecule has 0 aliphatic heterocycles. The summed E-state index contributed by atoms with van der Waals surface area (Å²) in [6.07, 6.45) is 2.66. The van der Waals surface area contributed by atoms with Crippen molar-refractivity contribution >= 4 is 29.4 Å². The summed E-state index contributed by atoms with van der Waals surface area (Å²) in [4.78, 5) is 34.9. The van der Waals surface area contributed by atoms with Gasteiger partial charge >= 0.3 is 6.09 Å². The van der Waals surface area contributed by atoms with Crippen molar-refractivity contribution in [1.82, 2.24) is 10.5 Å². The number of Topliss-reactive ketones (excluding diaryl/α,β-unsaturated/α-hetero) is 1. The van der Waals surface area contributed by atoms with Crippen molar-refractivity contribution in [3.8, 4) is 0 Å². The van der Waals surface area contributed by atoms with E-state index in [2.05, 4.69) is 15.2 Å². The summed E-state index contributed by atoms with van der Waals surface area (Å²) in [5.41, 5.74) is 0.202. The first kappa shape index (κ1) is 14.3. The highest BCUT2D eigenvalue weighted by Crippen LogP contribution is 2.28. The van der Waals surface area contributed by atoms with E-state index >= 15 is 0 Å². The van der Waals surface area contributed by atoms with E-state index in [9.17, 15) is 14.4 Å². The van der Waals surface area contributed by atoms with Gasteiger partial charge in [-0.05, 0) is 12.2 Å². The molecule has 0 aromatic carbocycles. The van der Waals surface area contributed by atoms with Crippen LogP contribution in [0.3, 0.4) is 0 Å². The van der Waals surface area contributed by atoms with Gasteiger partial charge in [-0.15, -0.1) is 11.8 Å². The molecular weight excluding hydrogens is 284 g/mol. The fourth-order valence-electron chi connectivity index (χ4n) is 1.59. The fourth-order valence-corrected chi connectivity index (χ4v) is 2.53. The van der Waals surface area contributed by atoms with E-state index in [1.54, 1.807) is 0 Å². The summed E-state index contributed by atoms with van der Waals surface area (Å²) < 4.78 is 9.16. The number of fused-ring (bicyclic) bond motifs is 1. The molecule has 0 spiro atoms. The van der Waals surface area contributed by atoms with Crippen molar-refractivity contribution in [1.29, 1.82) is 0 Å². The minimum Gasteiger partial charge on any atom is -0.453 e. The Morgan fingerprint density at radius 2 is 2.30 bits per heavy atom. The Labute approximate surface area is 118 Å². The van der Waals surface area contributed by atoms with Gasteiger partial charge in [0.05, 0.1) is 23.8 Å². The Balaban J connectivity index is 1.84. The quantitative estimate of drug-likeness (QED) is 0.820. The molecular formula is C12H12N2O5S. The van der Waals surface area contributed by atoms with E-state index < -0.39 is 6.09 Å². The third kappa shape index (κ3) is 3.08. The molecule has 0 fully saturated rings. The van der Waals surface area contributed by atoms with Crippen molar-refractivity contribution in [2.24, 2.45) is 0 Å². The number of aromatic nitrogens is 1. The average molecular weight is 296 g/mol. The van der Waals surface area contributed by atoms with Crippen LogP contribution in [0.15, 0.2) is 21.7 Å². The normalized spacial score (nSPS) is 13.8. The Kier molecular flexibility index (Phi) is 4.57. The number of thioether (sulfide) groups is 1. The molecule has 1 aliphatic carbocycles. The minimum absolute atomic E-state index is 0.00768. The van der Waals surface area contributed by atoms with Gasteiger partial charge < -0.3 is 14.6 Å². The summed E-state index contributed by atoms with van der Waals surface area (Å²) in [6, 6.07) is 0. The van der Waals surface area contributed by atoms with Gasteiger partial charge in [0.2, 0.25) is 17.3 Å². The molecule has 1 aromatic rings. The Hall–Kier alpha value is -2.09. The molecule has 1 amide bonds. The number of allylic oxidation sites excluding steroid dienone is 2. The van der Waals surface area contributed by atoms with Crippen molar-refractivity contribution in [2.45, 2.75) is 6.42 Å². The maximum atomic E-state index is 12.0. The lowest BCUT2D eigenvalue weighted by molar-refractivity contribution is 0.0967. The molecule has 0 saturated heterocycles. The number of nitrogens with zero attached hydrogens (tertiary/aromatic N) is 1. The van der Waals surface area contributed by atoms with E-state index in [0.29, 0.717) is 23.6 Å². The second-order valence-electron chi connectivity index (χ2n) is 3.89. The third-order valence-corrected chi connectivity index (χ3v) is 3.67. The van der Waals surface area contributed by atoms with Gasteiger partial charge in [0, 0.05) is 12.6 Å². The van der Waals surface area contributed by atoms with Crippen LogP contribution in [0.2, 0.25) is 0 Å². The van der Waals surface area contributed by atoms with E-state index in [4.69, 9.17) is 4.52 Å². The maximum absolute atomic E-state index is 12.0. The fraction of sp³-hybridized carbons (Fsp3) is 0.333. The first-order chi connectivity index (χ1) is 9.63. The van der Waals surface area contributed by atoms with Crippen LogP contribution in [0.4, 0.5) is 4.79 Å². The highest BCUT2D eigenvalue weighted by atomic mass is 32.2. The molecule has 0 radical (unpaired) electrons. The van der Waals surface area contributed by atoms with Crippen LogP contribution in [0.5, 0.6) is 0 Å². The molecule has 0 bridgehead atoms. The van der Waals surface area contributed by atoms with Crippen molar-refractivity contribution < 1.29 is 23.6 Å². The van der Waals surface area contributed by atoms with Crippen LogP contribution < -0.4 is 5.32 Å². The summed E-state index contributed by atoms with van der Waals surface area (Å²) in [6.45, 7) is 0.438. The smallest absolute Gasteiger partial charge is 0.406 e. The zero-order chi connectivity index (χ0) is 14.5. The lowest BCUT2D eigenvalue weighted by Crippen LogP contribution is -2.24. The molecule has 20 heavy (non-hydrogen) atoms. The van der Waals surface area contributed by atoms with Gasteiger partial charge in [0.1, 0.15) is 0 Å². The van der Waals surface area contributed by atoms with E-state index in [1.165, 1.54) is 31.1 Å². The molecule has 1 N–H and O–H groups in total. The van der Waals surface area contributed by atoms with Crippen molar-refractivity contribution in [3.63, 3.8) is 0 Å². The number of carbonyl (C=O) groups is 3. The first-order valence-electron chi connectivity index (χ1n) is 5.83. The number of ether oxygens (including phenoxy) is 1. The molecule has 1 aromatic heterocycles. The first-order valence-corrected chi connectivity index (χ1v) is 6.82. The van der Waals surface area contributed by atoms with Crippen molar-refractivity contribution in [3.05, 3.63) is 28.5 Å². The van der Waals surface area contributed by atoms with Crippen LogP contribution in [0, 0.1) is 0 Å². The van der Waals surface area contributed by atoms with E-state index in [-0.39, 0.29) is 22.9 Å². The number of ketones is 2. The Morgan fingerprint density at radius 3 is 3.05 bits per heavy atom. The van der Waals surface area contributed by atoms with Gasteiger partial charge in [-0.2, -0.15) is 0 Å². The molecule has 2 rings (SSSR count). The largest absolute Gasteiger partial charge is 0.453 e. The molecule has 0 saturated carbocycles. The summed E-state index contributed by atoms with van der Waals surface area (Å²) in [5, 5.41) is 5.99. The number of amides is 1. The number of hydrogen-bond donors (Lipinski definition) is 1. The SMILES string of the molecule is COC(=O)NCCCSC1=CC(=O)c2oncc2C1=O. The molecule has 0 unspecified atom stereocenters. The van der Waals surface area contributed by atoms with Crippen LogP contribution >= 0.6 is 11.8 Å². The van der Waals surface area contributed by atoms with Crippen LogP contribution in [0.1, 0.15) is 27.3 Å². The molecule has 106 valence electrons. The lowest BCUT2D eigenvalue weighted by atomic mass is 10.0. The number of methoxy groups -OCH3 is 1. The highest BCUT2D eigenvalue weighted by Gasteiger charge is 2.29. The predicted octanol–water partition coefficient (Wildman–Crippen LogP) is 1.42. The summed E-state index contributed by atoms with van der Waals surface area (Å²) in [5.74, 6) is -0.0269. The Bertz CT molecular complexity index is 578. The van der Waals surface area contributed by atoms with Crippen LogP contribution in [0.25, 0.3) is 0 Å². The van der Waals surface area contributed by atoms with Gasteiger partial charge in [-0.25, -0.2) is 4.79 Å². The predicted molar refractivity (Wildman–Crippen MR) is 70.7 cm³/mol. The Morgan fingerprint density at radius 1 is 1.50 bits per heavy atom. The van der Waals surface area contributed by atoms with E-state index in [1.807, 2.05) is 0 Å². The van der Waals surface area contributed by atoms with Gasteiger partial charge in [0.25, 0.3) is 0 Å². The molecule has 1 heterocycles. The van der Waals surface area contributed by atoms with Gasteiger partial charge in [-0.1, -0.05) is 5.16 Å². The third-order valence-electron chi connectivity index (χ3n) is 2.56. The van der Waals surface area contributed by atoms with Gasteiger partial charge in [-0.3, -0.25) is 9.59 Å². The number of alkyl carbamates (subject to hydrolysis) is 1. The topological polar surface area (TPSA) is 98.5 Å². The second kappa shape index (κ2) is 6.38. The number of nitrogens with one attached hydrogen (secondary N) is 1. The van der Waals surface area contributed by atoms with Crippen LogP contribution in [-0.4, -0.2) is 42.2 Å². The average Bonchev–Trinajstić information content (AvgIpc) is 2.93. The minimum atomic E-state index is -0.493. The molecule has 1 aliphatic rings. The second-order valence-corrected chi connectivity index (χ2v) is 5.03. The standard InChI is InChI=1S/C12H12N2O5S/c1-18-12(17)13-3-2-4-20-9-5-8(15)11-7(10(9)16)6-14-19-11/h5-6H,2-4H2,1H3,(H,13,17). The maximum Gasteiger partial charge on any atom is 0.406 e. The van der Waals surface area contributed by atoms with E-state index in [0.717, 1.165) is 0 Å². The van der Waals surface area contributed by atoms with Crippen molar-refractivity contribution in [2.75, 3.05) is 19.4 Å². The van der Waals surface area contributed by atoms with Gasteiger partial charge in [0.15, 0.2) is 0 Å². The zero-order valence-electron chi connectivity index (χ0n) is 10.7. The van der Waals surface area contributed by atoms with Crippen LogP contribution in [-0.2, 0) is 4.74 Å². The monoisotopic (exact) mass is 296 g/mol. The number of hydrogen-bond acceptors (Lipinski definition) is 7. The molecule has 0 atom stereocenters. The summed E-state index contributed by atoms with van der Waals surface area (Å²) >= 11 is 1.26.